The van der Waals surface area contributed by atoms with Gasteiger partial charge in [0.1, 0.15) is 5.75 Å². The average molecular weight is 269 g/mol. The van der Waals surface area contributed by atoms with Gasteiger partial charge in [-0.05, 0) is 36.6 Å². The van der Waals surface area contributed by atoms with E-state index in [4.69, 9.17) is 0 Å². The Morgan fingerprint density at radius 2 is 1.90 bits per heavy atom. The third-order valence-corrected chi connectivity index (χ3v) is 3.34. The van der Waals surface area contributed by atoms with Crippen molar-refractivity contribution < 1.29 is 9.90 Å². The number of carbonyl (C=O) groups is 1. The van der Waals surface area contributed by atoms with Crippen LogP contribution >= 0.6 is 0 Å². The van der Waals surface area contributed by atoms with Crippen molar-refractivity contribution in [2.24, 2.45) is 0 Å². The highest BCUT2D eigenvalue weighted by molar-refractivity contribution is 5.96. The Labute approximate surface area is 119 Å². The summed E-state index contributed by atoms with van der Waals surface area (Å²) in [5.74, 6) is -0.212. The molecular weight excluding hydrogens is 250 g/mol. The lowest BCUT2D eigenvalue weighted by molar-refractivity contribution is -0.117. The predicted octanol–water partition coefficient (Wildman–Crippen LogP) is 3.83. The monoisotopic (exact) mass is 269 g/mol. The zero-order chi connectivity index (χ0) is 14.5. The fourth-order valence-electron chi connectivity index (χ4n) is 2.23. The van der Waals surface area contributed by atoms with Crippen molar-refractivity contribution in [3.63, 3.8) is 0 Å². The Morgan fingerprint density at radius 3 is 2.50 bits per heavy atom. The quantitative estimate of drug-likeness (QED) is 0.829. The lowest BCUT2D eigenvalue weighted by Crippen LogP contribution is -2.20. The molecule has 0 aliphatic carbocycles. The first kappa shape index (κ1) is 14.1. The summed E-state index contributed by atoms with van der Waals surface area (Å²) in [6, 6.07) is 14.9. The van der Waals surface area contributed by atoms with Crippen LogP contribution in [0.5, 0.6) is 5.75 Å². The summed E-state index contributed by atoms with van der Waals surface area (Å²) in [5, 5.41) is 12.6. The van der Waals surface area contributed by atoms with E-state index in [-0.39, 0.29) is 17.6 Å². The van der Waals surface area contributed by atoms with Gasteiger partial charge in [0, 0.05) is 0 Å². The normalized spacial score (nSPS) is 11.9. The van der Waals surface area contributed by atoms with Crippen molar-refractivity contribution in [1.29, 1.82) is 0 Å². The van der Waals surface area contributed by atoms with Gasteiger partial charge in [-0.25, -0.2) is 0 Å². The summed E-state index contributed by atoms with van der Waals surface area (Å²) in [7, 11) is 0. The molecule has 0 unspecified atom stereocenters. The fourth-order valence-corrected chi connectivity index (χ4v) is 2.23. The van der Waals surface area contributed by atoms with E-state index >= 15 is 0 Å². The summed E-state index contributed by atoms with van der Waals surface area (Å²) in [5.41, 5.74) is 2.39. The van der Waals surface area contributed by atoms with Crippen LogP contribution in [0.4, 0.5) is 5.69 Å². The highest BCUT2D eigenvalue weighted by Crippen LogP contribution is 2.27. The van der Waals surface area contributed by atoms with Crippen molar-refractivity contribution >= 4 is 11.6 Å². The highest BCUT2D eigenvalue weighted by Gasteiger charge is 2.19. The molecule has 0 fully saturated rings. The number of rotatable bonds is 4. The van der Waals surface area contributed by atoms with E-state index in [1.54, 1.807) is 12.1 Å². The Balaban J connectivity index is 2.18. The molecule has 0 spiro atoms. The maximum atomic E-state index is 12.4. The van der Waals surface area contributed by atoms with Crippen LogP contribution in [-0.4, -0.2) is 11.0 Å². The molecule has 0 aromatic heterocycles. The van der Waals surface area contributed by atoms with Gasteiger partial charge >= 0.3 is 0 Å². The van der Waals surface area contributed by atoms with Crippen LogP contribution in [0.3, 0.4) is 0 Å². The Morgan fingerprint density at radius 1 is 1.20 bits per heavy atom. The largest absolute Gasteiger partial charge is 0.506 e. The van der Waals surface area contributed by atoms with Gasteiger partial charge in [0.25, 0.3) is 0 Å². The third-order valence-electron chi connectivity index (χ3n) is 3.34. The number of carbonyl (C=O) groups excluding carboxylic acids is 1. The molecule has 1 atom stereocenters. The van der Waals surface area contributed by atoms with Crippen LogP contribution in [0.15, 0.2) is 48.5 Å². The summed E-state index contributed by atoms with van der Waals surface area (Å²) in [4.78, 5) is 12.4. The zero-order valence-corrected chi connectivity index (χ0v) is 11.8. The Kier molecular flexibility index (Phi) is 4.41. The number of nitrogens with one attached hydrogen (secondary N) is 1. The molecule has 0 bridgehead atoms. The second kappa shape index (κ2) is 6.24. The maximum Gasteiger partial charge on any atom is 0.232 e. The van der Waals surface area contributed by atoms with Gasteiger partial charge in [-0.1, -0.05) is 43.3 Å². The van der Waals surface area contributed by atoms with E-state index in [0.29, 0.717) is 12.1 Å². The molecule has 0 radical (unpaired) electrons. The van der Waals surface area contributed by atoms with Crippen LogP contribution < -0.4 is 5.32 Å². The molecule has 1 amide bonds. The van der Waals surface area contributed by atoms with Gasteiger partial charge in [0.05, 0.1) is 11.6 Å². The maximum absolute atomic E-state index is 12.4. The molecule has 0 heterocycles. The minimum atomic E-state index is -0.211. The number of hydrogen-bond donors (Lipinski definition) is 2. The van der Waals surface area contributed by atoms with Crippen molar-refractivity contribution in [1.82, 2.24) is 0 Å². The molecule has 3 heteroatoms. The van der Waals surface area contributed by atoms with Crippen molar-refractivity contribution in [2.75, 3.05) is 5.32 Å². The summed E-state index contributed by atoms with van der Waals surface area (Å²) < 4.78 is 0. The van der Waals surface area contributed by atoms with Crippen molar-refractivity contribution in [2.45, 2.75) is 26.2 Å². The van der Waals surface area contributed by atoms with Crippen LogP contribution in [0, 0.1) is 6.92 Å². The van der Waals surface area contributed by atoms with E-state index in [9.17, 15) is 9.90 Å². The SMILES string of the molecule is CC[C@H](C(=O)Nc1ccc(C)cc1O)c1ccccc1. The van der Waals surface area contributed by atoms with Crippen LogP contribution in [0.25, 0.3) is 0 Å². The Bertz CT molecular complexity index is 593. The van der Waals surface area contributed by atoms with E-state index in [0.717, 1.165) is 11.1 Å². The molecule has 104 valence electrons. The molecule has 0 aliphatic rings. The number of aryl methyl sites for hydroxylation is 1. The van der Waals surface area contributed by atoms with Gasteiger partial charge in [-0.3, -0.25) is 4.79 Å². The summed E-state index contributed by atoms with van der Waals surface area (Å²) in [6.07, 6.45) is 0.711. The molecule has 2 rings (SSSR count). The first-order chi connectivity index (χ1) is 9.61. The number of phenols is 1. The van der Waals surface area contributed by atoms with Crippen LogP contribution in [-0.2, 0) is 4.79 Å². The first-order valence-corrected chi connectivity index (χ1v) is 6.77. The number of anilines is 1. The number of hydrogen-bond acceptors (Lipinski definition) is 2. The smallest absolute Gasteiger partial charge is 0.232 e. The molecule has 2 aromatic rings. The Hall–Kier alpha value is -2.29. The molecule has 0 saturated carbocycles. The zero-order valence-electron chi connectivity index (χ0n) is 11.8. The second-order valence-electron chi connectivity index (χ2n) is 4.88. The second-order valence-corrected chi connectivity index (χ2v) is 4.88. The van der Waals surface area contributed by atoms with Crippen LogP contribution in [0.2, 0.25) is 0 Å². The molecule has 3 nitrogen and oxygen atoms in total. The van der Waals surface area contributed by atoms with Gasteiger partial charge < -0.3 is 10.4 Å². The van der Waals surface area contributed by atoms with E-state index in [1.165, 1.54) is 0 Å². The van der Waals surface area contributed by atoms with Crippen molar-refractivity contribution in [3.05, 3.63) is 59.7 Å². The summed E-state index contributed by atoms with van der Waals surface area (Å²) in [6.45, 7) is 3.87. The lowest BCUT2D eigenvalue weighted by Gasteiger charge is -2.16. The molecule has 2 N–H and O–H groups in total. The molecule has 2 aromatic carbocycles. The third kappa shape index (κ3) is 3.18. The lowest BCUT2D eigenvalue weighted by atomic mass is 9.95. The van der Waals surface area contributed by atoms with Crippen LogP contribution in [0.1, 0.15) is 30.4 Å². The number of amides is 1. The van der Waals surface area contributed by atoms with E-state index < -0.39 is 0 Å². The van der Waals surface area contributed by atoms with Gasteiger partial charge in [0.2, 0.25) is 5.91 Å². The van der Waals surface area contributed by atoms with Gasteiger partial charge in [-0.15, -0.1) is 0 Å². The highest BCUT2D eigenvalue weighted by atomic mass is 16.3. The first-order valence-electron chi connectivity index (χ1n) is 6.77. The summed E-state index contributed by atoms with van der Waals surface area (Å²) >= 11 is 0. The number of phenolic OH excluding ortho intramolecular Hbond substituents is 1. The van der Waals surface area contributed by atoms with Crippen molar-refractivity contribution in [3.8, 4) is 5.75 Å². The minimum Gasteiger partial charge on any atom is -0.506 e. The topological polar surface area (TPSA) is 49.3 Å². The fraction of sp³-hybridized carbons (Fsp3) is 0.235. The van der Waals surface area contributed by atoms with Gasteiger partial charge in [0.15, 0.2) is 0 Å². The van der Waals surface area contributed by atoms with E-state index in [1.807, 2.05) is 50.2 Å². The predicted molar refractivity (Wildman–Crippen MR) is 80.9 cm³/mol. The molecule has 0 aliphatic heterocycles. The van der Waals surface area contributed by atoms with Gasteiger partial charge in [-0.2, -0.15) is 0 Å². The molecule has 0 saturated heterocycles. The number of aromatic hydroxyl groups is 1. The standard InChI is InChI=1S/C17H19NO2/c1-3-14(13-7-5-4-6-8-13)17(20)18-15-10-9-12(2)11-16(15)19/h4-11,14,19H,3H2,1-2H3,(H,18,20)/t14-/m0/s1. The minimum absolute atomic E-state index is 0.0984. The van der Waals surface area contributed by atoms with E-state index in [2.05, 4.69) is 5.32 Å². The molecular formula is C17H19NO2. The number of benzene rings is 2. The average Bonchev–Trinajstić information content (AvgIpc) is 2.44. The molecule has 20 heavy (non-hydrogen) atoms.